The molecule has 0 bridgehead atoms. The van der Waals surface area contributed by atoms with Gasteiger partial charge < -0.3 is 18.8 Å². The SMILES string of the molecule is Cc1nc2ccc(C(=O)N3CCC[C@@](C)(Cc4ccc5c(c4)OCO5)C3)cc2o1. The maximum absolute atomic E-state index is 13.2. The fourth-order valence-electron chi connectivity index (χ4n) is 4.53. The molecule has 29 heavy (non-hydrogen) atoms. The molecule has 1 amide bonds. The molecule has 1 fully saturated rings. The number of rotatable bonds is 3. The number of carbonyl (C=O) groups is 1. The van der Waals surface area contributed by atoms with Crippen LogP contribution in [0.5, 0.6) is 11.5 Å². The first-order valence-corrected chi connectivity index (χ1v) is 10.0. The average molecular weight is 392 g/mol. The Balaban J connectivity index is 1.34. The van der Waals surface area contributed by atoms with Crippen molar-refractivity contribution in [1.82, 2.24) is 9.88 Å². The summed E-state index contributed by atoms with van der Waals surface area (Å²) in [5, 5.41) is 0. The van der Waals surface area contributed by atoms with Crippen LogP contribution in [0.4, 0.5) is 0 Å². The molecule has 0 radical (unpaired) electrons. The summed E-state index contributed by atoms with van der Waals surface area (Å²) < 4.78 is 16.5. The molecule has 150 valence electrons. The van der Waals surface area contributed by atoms with Gasteiger partial charge in [0.05, 0.1) is 0 Å². The average Bonchev–Trinajstić information content (AvgIpc) is 3.31. The van der Waals surface area contributed by atoms with Crippen LogP contribution in [0.1, 0.15) is 41.6 Å². The van der Waals surface area contributed by atoms with E-state index in [2.05, 4.69) is 24.0 Å². The Hall–Kier alpha value is -3.02. The second kappa shape index (κ2) is 6.79. The van der Waals surface area contributed by atoms with Crippen molar-refractivity contribution in [1.29, 1.82) is 0 Å². The molecule has 6 heteroatoms. The summed E-state index contributed by atoms with van der Waals surface area (Å²) in [6.07, 6.45) is 2.98. The zero-order valence-corrected chi connectivity index (χ0v) is 16.7. The topological polar surface area (TPSA) is 64.8 Å². The highest BCUT2D eigenvalue weighted by Crippen LogP contribution is 2.38. The van der Waals surface area contributed by atoms with Gasteiger partial charge >= 0.3 is 0 Å². The van der Waals surface area contributed by atoms with Gasteiger partial charge in [-0.05, 0) is 60.6 Å². The van der Waals surface area contributed by atoms with Gasteiger partial charge in [-0.3, -0.25) is 4.79 Å². The van der Waals surface area contributed by atoms with Crippen LogP contribution in [-0.2, 0) is 6.42 Å². The van der Waals surface area contributed by atoms with Crippen LogP contribution in [0.15, 0.2) is 40.8 Å². The van der Waals surface area contributed by atoms with E-state index in [1.54, 1.807) is 6.07 Å². The first-order valence-electron chi connectivity index (χ1n) is 10.0. The third kappa shape index (κ3) is 3.43. The van der Waals surface area contributed by atoms with Crippen molar-refractivity contribution in [3.05, 3.63) is 53.4 Å². The van der Waals surface area contributed by atoms with E-state index in [1.807, 2.05) is 30.0 Å². The fraction of sp³-hybridized carbons (Fsp3) is 0.391. The summed E-state index contributed by atoms with van der Waals surface area (Å²) in [6.45, 7) is 5.87. The number of benzene rings is 2. The van der Waals surface area contributed by atoms with E-state index < -0.39 is 0 Å². The highest BCUT2D eigenvalue weighted by Gasteiger charge is 2.34. The Morgan fingerprint density at radius 1 is 1.17 bits per heavy atom. The highest BCUT2D eigenvalue weighted by molar-refractivity contribution is 5.97. The summed E-state index contributed by atoms with van der Waals surface area (Å²) in [4.78, 5) is 19.5. The molecular formula is C23H24N2O4. The number of aryl methyl sites for hydroxylation is 1. The van der Waals surface area contributed by atoms with E-state index in [0.29, 0.717) is 17.0 Å². The van der Waals surface area contributed by atoms with Crippen LogP contribution in [0.25, 0.3) is 11.1 Å². The van der Waals surface area contributed by atoms with Gasteiger partial charge in [0.2, 0.25) is 6.79 Å². The number of likely N-dealkylation sites (tertiary alicyclic amines) is 1. The van der Waals surface area contributed by atoms with Crippen LogP contribution in [0.3, 0.4) is 0 Å². The minimum atomic E-state index is 0.0224. The maximum Gasteiger partial charge on any atom is 0.254 e. The standard InChI is InChI=1S/C23H24N2O4/c1-15-24-18-6-5-17(11-20(18)29-15)22(26)25-9-3-8-23(2,13-25)12-16-4-7-19-21(10-16)28-14-27-19/h4-7,10-11H,3,8-9,12-14H2,1-2H3/t23-/m0/s1. The number of ether oxygens (including phenoxy) is 2. The first-order chi connectivity index (χ1) is 14.0. The monoisotopic (exact) mass is 392 g/mol. The Kier molecular flexibility index (Phi) is 4.23. The molecule has 0 aliphatic carbocycles. The predicted molar refractivity (Wildman–Crippen MR) is 108 cm³/mol. The Morgan fingerprint density at radius 2 is 2.03 bits per heavy atom. The van der Waals surface area contributed by atoms with Crippen molar-refractivity contribution in [2.75, 3.05) is 19.9 Å². The van der Waals surface area contributed by atoms with Crippen LogP contribution in [0, 0.1) is 12.3 Å². The minimum absolute atomic E-state index is 0.0224. The quantitative estimate of drug-likeness (QED) is 0.663. The second-order valence-electron chi connectivity index (χ2n) is 8.42. The van der Waals surface area contributed by atoms with E-state index in [0.717, 1.165) is 49.4 Å². The van der Waals surface area contributed by atoms with Gasteiger partial charge in [-0.2, -0.15) is 0 Å². The smallest absolute Gasteiger partial charge is 0.254 e. The molecule has 6 nitrogen and oxygen atoms in total. The fourth-order valence-corrected chi connectivity index (χ4v) is 4.53. The summed E-state index contributed by atoms with van der Waals surface area (Å²) >= 11 is 0. The molecule has 2 aliphatic rings. The number of fused-ring (bicyclic) bond motifs is 2. The molecule has 1 atom stereocenters. The van der Waals surface area contributed by atoms with Crippen LogP contribution in [-0.4, -0.2) is 35.7 Å². The molecule has 3 heterocycles. The molecule has 2 aromatic carbocycles. The lowest BCUT2D eigenvalue weighted by atomic mass is 9.76. The summed E-state index contributed by atoms with van der Waals surface area (Å²) in [5.74, 6) is 2.28. The van der Waals surface area contributed by atoms with Gasteiger partial charge in [0.15, 0.2) is 23.0 Å². The number of hydrogen-bond acceptors (Lipinski definition) is 5. The maximum atomic E-state index is 13.2. The summed E-state index contributed by atoms with van der Waals surface area (Å²) in [5.41, 5.74) is 3.33. The molecule has 2 aliphatic heterocycles. The van der Waals surface area contributed by atoms with Crippen molar-refractivity contribution < 1.29 is 18.7 Å². The van der Waals surface area contributed by atoms with Crippen molar-refractivity contribution in [2.45, 2.75) is 33.1 Å². The van der Waals surface area contributed by atoms with Crippen molar-refractivity contribution in [3.8, 4) is 11.5 Å². The minimum Gasteiger partial charge on any atom is -0.454 e. The third-order valence-corrected chi connectivity index (χ3v) is 5.88. The first kappa shape index (κ1) is 18.0. The number of aromatic nitrogens is 1. The zero-order valence-electron chi connectivity index (χ0n) is 16.7. The lowest BCUT2D eigenvalue weighted by Crippen LogP contribution is -2.45. The molecular weight excluding hydrogens is 368 g/mol. The Morgan fingerprint density at radius 3 is 2.93 bits per heavy atom. The molecule has 0 N–H and O–H groups in total. The number of piperidine rings is 1. The van der Waals surface area contributed by atoms with Crippen molar-refractivity contribution >= 4 is 17.0 Å². The van der Waals surface area contributed by atoms with Crippen molar-refractivity contribution in [3.63, 3.8) is 0 Å². The van der Waals surface area contributed by atoms with E-state index in [-0.39, 0.29) is 18.1 Å². The van der Waals surface area contributed by atoms with Gasteiger partial charge in [-0.15, -0.1) is 0 Å². The number of amides is 1. The predicted octanol–water partition coefficient (Wildman–Crippen LogP) is 4.35. The molecule has 5 rings (SSSR count). The normalized spacial score (nSPS) is 21.0. The van der Waals surface area contributed by atoms with Crippen LogP contribution >= 0.6 is 0 Å². The number of hydrogen-bond donors (Lipinski definition) is 0. The molecule has 0 saturated carbocycles. The molecule has 0 spiro atoms. The van der Waals surface area contributed by atoms with E-state index in [9.17, 15) is 4.79 Å². The van der Waals surface area contributed by atoms with Gasteiger partial charge in [-0.25, -0.2) is 4.98 Å². The van der Waals surface area contributed by atoms with Gasteiger partial charge in [0.25, 0.3) is 5.91 Å². The van der Waals surface area contributed by atoms with Crippen LogP contribution in [0.2, 0.25) is 0 Å². The van der Waals surface area contributed by atoms with Crippen LogP contribution < -0.4 is 9.47 Å². The summed E-state index contributed by atoms with van der Waals surface area (Å²) in [6, 6.07) is 11.6. The zero-order chi connectivity index (χ0) is 20.0. The van der Waals surface area contributed by atoms with Gasteiger partial charge in [0, 0.05) is 25.6 Å². The molecule has 1 saturated heterocycles. The highest BCUT2D eigenvalue weighted by atomic mass is 16.7. The third-order valence-electron chi connectivity index (χ3n) is 5.88. The Bertz CT molecular complexity index is 1090. The van der Waals surface area contributed by atoms with Gasteiger partial charge in [0.1, 0.15) is 5.52 Å². The number of oxazole rings is 1. The van der Waals surface area contributed by atoms with E-state index in [1.165, 1.54) is 5.56 Å². The lowest BCUT2D eigenvalue weighted by Gasteiger charge is -2.40. The van der Waals surface area contributed by atoms with Crippen molar-refractivity contribution in [2.24, 2.45) is 5.41 Å². The molecule has 1 aromatic heterocycles. The second-order valence-corrected chi connectivity index (χ2v) is 8.42. The van der Waals surface area contributed by atoms with Gasteiger partial charge in [-0.1, -0.05) is 13.0 Å². The van der Waals surface area contributed by atoms with E-state index in [4.69, 9.17) is 13.9 Å². The Labute approximate surface area is 169 Å². The number of nitrogens with zero attached hydrogens (tertiary/aromatic N) is 2. The largest absolute Gasteiger partial charge is 0.454 e. The lowest BCUT2D eigenvalue weighted by molar-refractivity contribution is 0.0550. The molecule has 0 unspecified atom stereocenters. The van der Waals surface area contributed by atoms with E-state index >= 15 is 0 Å². The summed E-state index contributed by atoms with van der Waals surface area (Å²) in [7, 11) is 0. The molecule has 3 aromatic rings. The number of carbonyl (C=O) groups excluding carboxylic acids is 1.